The summed E-state index contributed by atoms with van der Waals surface area (Å²) in [5.41, 5.74) is 0.996. The Bertz CT molecular complexity index is 1510. The highest BCUT2D eigenvalue weighted by molar-refractivity contribution is 6.07. The van der Waals surface area contributed by atoms with Gasteiger partial charge in [0.05, 0.1) is 5.54 Å². The largest absolute Gasteiger partial charge is 0.489 e. The minimum Gasteiger partial charge on any atom is -0.489 e. The van der Waals surface area contributed by atoms with E-state index in [4.69, 9.17) is 9.47 Å². The number of ether oxygens (including phenoxy) is 2. The smallest absolute Gasteiger partial charge is 0.410 e. The van der Waals surface area contributed by atoms with E-state index in [9.17, 15) is 9.59 Å². The van der Waals surface area contributed by atoms with Crippen LogP contribution in [0.3, 0.4) is 0 Å². The lowest BCUT2D eigenvalue weighted by molar-refractivity contribution is -0.0519. The Kier molecular flexibility index (Phi) is 9.26. The van der Waals surface area contributed by atoms with Gasteiger partial charge >= 0.3 is 6.09 Å². The van der Waals surface area contributed by atoms with Gasteiger partial charge in [0.25, 0.3) is 5.91 Å². The monoisotopic (exact) mass is 612 g/mol. The van der Waals surface area contributed by atoms with Crippen molar-refractivity contribution in [3.05, 3.63) is 77.9 Å². The second-order valence-corrected chi connectivity index (χ2v) is 15.6. The van der Waals surface area contributed by atoms with Crippen LogP contribution in [0.15, 0.2) is 66.7 Å². The number of hydrogen-bond donors (Lipinski definition) is 0. The molecule has 2 amide bonds. The number of piperazine rings is 1. The Balaban J connectivity index is 1.46. The maximum absolute atomic E-state index is 14.5. The maximum atomic E-state index is 14.5. The topological polar surface area (TPSA) is 59.1 Å². The first-order chi connectivity index (χ1) is 21.2. The lowest BCUT2D eigenvalue weighted by atomic mass is 9.63. The summed E-state index contributed by atoms with van der Waals surface area (Å²) in [6.07, 6.45) is 5.67. The maximum Gasteiger partial charge on any atom is 0.410 e. The SMILES string of the molecule is CCC1(C)CCC2(CCC(C)(C)C1)CN(C(=O)c1cccc3ccc(OCc4ccccc4)cc13)CCN2C(=O)OC(C)(C)C. The fraction of sp³-hybridized carbons (Fsp3) is 0.538. The number of fused-ring (bicyclic) bond motifs is 1. The zero-order valence-electron chi connectivity index (χ0n) is 28.4. The fourth-order valence-corrected chi connectivity index (χ4v) is 7.48. The number of benzene rings is 3. The average molecular weight is 613 g/mol. The summed E-state index contributed by atoms with van der Waals surface area (Å²) in [7, 11) is 0. The first-order valence-corrected chi connectivity index (χ1v) is 16.7. The predicted octanol–water partition coefficient (Wildman–Crippen LogP) is 9.26. The molecule has 1 spiro atoms. The molecule has 3 aromatic rings. The summed E-state index contributed by atoms with van der Waals surface area (Å²) in [6, 6.07) is 22.0. The van der Waals surface area contributed by atoms with Gasteiger partial charge in [-0.05, 0) is 98.2 Å². The van der Waals surface area contributed by atoms with Crippen LogP contribution in [-0.2, 0) is 11.3 Å². The molecule has 242 valence electrons. The molecule has 2 atom stereocenters. The molecule has 6 nitrogen and oxygen atoms in total. The zero-order chi connectivity index (χ0) is 32.5. The Morgan fingerprint density at radius 2 is 1.60 bits per heavy atom. The molecule has 1 aliphatic carbocycles. The van der Waals surface area contributed by atoms with E-state index in [1.54, 1.807) is 0 Å². The molecule has 2 aliphatic rings. The Morgan fingerprint density at radius 1 is 0.867 bits per heavy atom. The van der Waals surface area contributed by atoms with Crippen molar-refractivity contribution in [2.24, 2.45) is 10.8 Å². The average Bonchev–Trinajstić information content (AvgIpc) is 3.00. The van der Waals surface area contributed by atoms with Gasteiger partial charge in [-0.2, -0.15) is 0 Å². The van der Waals surface area contributed by atoms with Crippen molar-refractivity contribution < 1.29 is 19.1 Å². The summed E-state index contributed by atoms with van der Waals surface area (Å²) in [4.78, 5) is 32.2. The third-order valence-electron chi connectivity index (χ3n) is 10.1. The normalized spacial score (nSPS) is 23.8. The number of rotatable bonds is 5. The van der Waals surface area contributed by atoms with E-state index in [1.165, 1.54) is 0 Å². The van der Waals surface area contributed by atoms with Crippen LogP contribution in [0.5, 0.6) is 5.75 Å². The van der Waals surface area contributed by atoms with Crippen molar-refractivity contribution >= 4 is 22.8 Å². The van der Waals surface area contributed by atoms with E-state index in [1.807, 2.05) is 97.3 Å². The minimum absolute atomic E-state index is 0.00333. The van der Waals surface area contributed by atoms with Crippen molar-refractivity contribution in [3.63, 3.8) is 0 Å². The van der Waals surface area contributed by atoms with Crippen LogP contribution in [0.25, 0.3) is 10.8 Å². The minimum atomic E-state index is -0.590. The Labute approximate surface area is 270 Å². The molecule has 45 heavy (non-hydrogen) atoms. The number of hydrogen-bond acceptors (Lipinski definition) is 4. The van der Waals surface area contributed by atoms with Gasteiger partial charge in [0.15, 0.2) is 0 Å². The molecule has 0 aromatic heterocycles. The van der Waals surface area contributed by atoms with Crippen LogP contribution in [-0.4, -0.2) is 52.6 Å². The summed E-state index contributed by atoms with van der Waals surface area (Å²) in [5.74, 6) is 0.738. The predicted molar refractivity (Wildman–Crippen MR) is 182 cm³/mol. The van der Waals surface area contributed by atoms with Gasteiger partial charge in [0, 0.05) is 25.2 Å². The van der Waals surface area contributed by atoms with Crippen LogP contribution in [0.1, 0.15) is 103 Å². The molecule has 0 radical (unpaired) electrons. The van der Waals surface area contributed by atoms with Crippen LogP contribution >= 0.6 is 0 Å². The molecular weight excluding hydrogens is 560 g/mol. The molecule has 5 rings (SSSR count). The molecule has 1 aliphatic heterocycles. The van der Waals surface area contributed by atoms with Crippen molar-refractivity contribution in [2.45, 2.75) is 105 Å². The van der Waals surface area contributed by atoms with Crippen molar-refractivity contribution in [2.75, 3.05) is 19.6 Å². The second-order valence-electron chi connectivity index (χ2n) is 15.6. The van der Waals surface area contributed by atoms with Crippen LogP contribution < -0.4 is 4.74 Å². The van der Waals surface area contributed by atoms with E-state index < -0.39 is 11.1 Å². The fourth-order valence-electron chi connectivity index (χ4n) is 7.48. The number of amides is 2. The quantitative estimate of drug-likeness (QED) is 0.288. The number of carbonyl (C=O) groups is 2. The highest BCUT2D eigenvalue weighted by Crippen LogP contribution is 2.49. The Morgan fingerprint density at radius 3 is 2.31 bits per heavy atom. The molecule has 1 heterocycles. The lowest BCUT2D eigenvalue weighted by Crippen LogP contribution is -2.66. The Hall–Kier alpha value is -3.54. The zero-order valence-corrected chi connectivity index (χ0v) is 28.4. The molecule has 1 saturated heterocycles. The first-order valence-electron chi connectivity index (χ1n) is 16.7. The molecule has 6 heteroatoms. The van der Waals surface area contributed by atoms with Gasteiger partial charge in [0.2, 0.25) is 0 Å². The van der Waals surface area contributed by atoms with E-state index in [0.717, 1.165) is 60.6 Å². The van der Waals surface area contributed by atoms with E-state index >= 15 is 0 Å². The molecule has 1 saturated carbocycles. The van der Waals surface area contributed by atoms with E-state index in [-0.39, 0.29) is 22.8 Å². The van der Waals surface area contributed by atoms with E-state index in [0.29, 0.717) is 31.8 Å². The van der Waals surface area contributed by atoms with Gasteiger partial charge in [-0.3, -0.25) is 9.69 Å². The number of nitrogens with zero attached hydrogens (tertiary/aromatic N) is 2. The summed E-state index contributed by atoms with van der Waals surface area (Å²) in [5, 5.41) is 1.88. The van der Waals surface area contributed by atoms with Crippen LogP contribution in [0.2, 0.25) is 0 Å². The third-order valence-corrected chi connectivity index (χ3v) is 10.1. The van der Waals surface area contributed by atoms with Crippen molar-refractivity contribution in [3.8, 4) is 5.75 Å². The van der Waals surface area contributed by atoms with Gasteiger partial charge in [-0.1, -0.05) is 82.6 Å². The van der Waals surface area contributed by atoms with Crippen LogP contribution in [0.4, 0.5) is 4.79 Å². The van der Waals surface area contributed by atoms with Crippen LogP contribution in [0, 0.1) is 10.8 Å². The summed E-state index contributed by atoms with van der Waals surface area (Å²) < 4.78 is 12.1. The third kappa shape index (κ3) is 7.65. The molecule has 0 N–H and O–H groups in total. The molecular formula is C39H52N2O4. The molecule has 0 bridgehead atoms. The van der Waals surface area contributed by atoms with Crippen molar-refractivity contribution in [1.82, 2.24) is 9.80 Å². The van der Waals surface area contributed by atoms with Gasteiger partial charge < -0.3 is 14.4 Å². The molecule has 2 fully saturated rings. The molecule has 2 unspecified atom stereocenters. The highest BCUT2D eigenvalue weighted by atomic mass is 16.6. The standard InChI is InChI=1S/C39H52N2O4/c1-8-38(7)20-22-39(21-19-37(5,6)27-38)28-40(23-24-41(39)35(43)45-36(2,3)4)34(42)32-16-12-15-30-17-18-31(25-33(30)32)44-26-29-13-10-9-11-14-29/h9-18,25H,8,19-24,26-28H2,1-7H3. The highest BCUT2D eigenvalue weighted by Gasteiger charge is 2.49. The van der Waals surface area contributed by atoms with Gasteiger partial charge in [-0.15, -0.1) is 0 Å². The lowest BCUT2D eigenvalue weighted by Gasteiger charge is -2.54. The summed E-state index contributed by atoms with van der Waals surface area (Å²) in [6.45, 7) is 17.0. The van der Waals surface area contributed by atoms with Gasteiger partial charge in [0.1, 0.15) is 18.0 Å². The molecule has 3 aromatic carbocycles. The van der Waals surface area contributed by atoms with E-state index in [2.05, 4.69) is 27.7 Å². The number of carbonyl (C=O) groups excluding carboxylic acids is 2. The van der Waals surface area contributed by atoms with Gasteiger partial charge in [-0.25, -0.2) is 4.79 Å². The second kappa shape index (κ2) is 12.7. The first kappa shape index (κ1) is 32.8. The summed E-state index contributed by atoms with van der Waals surface area (Å²) >= 11 is 0. The van der Waals surface area contributed by atoms with Crippen molar-refractivity contribution in [1.29, 1.82) is 0 Å².